The number of hydrogen-bond acceptors (Lipinski definition) is 3. The maximum atomic E-state index is 13.7. The maximum Gasteiger partial charge on any atom is 0.195 e. The Morgan fingerprint density at radius 2 is 1.81 bits per heavy atom. The van der Waals surface area contributed by atoms with Crippen LogP contribution in [0.4, 0.5) is 14.5 Å². The lowest BCUT2D eigenvalue weighted by molar-refractivity contribution is 0.355. The van der Waals surface area contributed by atoms with Crippen LogP contribution in [0, 0.1) is 11.6 Å². The Hall–Kier alpha value is -2.83. The summed E-state index contributed by atoms with van der Waals surface area (Å²) in [5.41, 5.74) is 1.20. The van der Waals surface area contributed by atoms with Crippen LogP contribution in [0.2, 0.25) is 0 Å². The fourth-order valence-electron chi connectivity index (χ4n) is 2.37. The van der Waals surface area contributed by atoms with Crippen LogP contribution in [0.25, 0.3) is 0 Å². The number of benzene rings is 2. The molecule has 0 unspecified atom stereocenters. The van der Waals surface area contributed by atoms with Gasteiger partial charge in [-0.05, 0) is 37.1 Å². The normalized spacial score (nSPS) is 11.2. The van der Waals surface area contributed by atoms with Crippen molar-refractivity contribution >= 4 is 11.6 Å². The molecule has 0 aliphatic rings. The summed E-state index contributed by atoms with van der Waals surface area (Å²) >= 11 is 0. The maximum absolute atomic E-state index is 13.7. The van der Waals surface area contributed by atoms with Gasteiger partial charge in [0.05, 0.1) is 14.2 Å². The summed E-state index contributed by atoms with van der Waals surface area (Å²) in [6.07, 6.45) is 0.370. The fourth-order valence-corrected chi connectivity index (χ4v) is 2.37. The molecule has 140 valence electrons. The largest absolute Gasteiger partial charge is 0.493 e. The Kier molecular flexibility index (Phi) is 7.20. The zero-order valence-corrected chi connectivity index (χ0v) is 15.1. The van der Waals surface area contributed by atoms with Crippen LogP contribution in [0.1, 0.15) is 12.5 Å². The molecule has 0 aromatic heterocycles. The van der Waals surface area contributed by atoms with E-state index in [0.29, 0.717) is 42.5 Å². The summed E-state index contributed by atoms with van der Waals surface area (Å²) in [6.45, 7) is 2.97. The Balaban J connectivity index is 2.06. The van der Waals surface area contributed by atoms with Gasteiger partial charge in [0.1, 0.15) is 11.6 Å². The summed E-state index contributed by atoms with van der Waals surface area (Å²) in [6, 6.07) is 8.99. The smallest absolute Gasteiger partial charge is 0.195 e. The molecule has 0 saturated heterocycles. The van der Waals surface area contributed by atoms with Gasteiger partial charge in [-0.15, -0.1) is 0 Å². The third kappa shape index (κ3) is 5.34. The van der Waals surface area contributed by atoms with Gasteiger partial charge in [0.15, 0.2) is 17.5 Å². The molecule has 26 heavy (non-hydrogen) atoms. The number of nitrogens with one attached hydrogen (secondary N) is 2. The van der Waals surface area contributed by atoms with Gasteiger partial charge in [0, 0.05) is 30.9 Å². The van der Waals surface area contributed by atoms with E-state index in [1.54, 1.807) is 26.4 Å². The third-order valence-corrected chi connectivity index (χ3v) is 3.66. The number of methoxy groups -OCH3 is 2. The Morgan fingerprint density at radius 1 is 1.04 bits per heavy atom. The molecular weight excluding hydrogens is 340 g/mol. The van der Waals surface area contributed by atoms with Gasteiger partial charge in [-0.1, -0.05) is 6.07 Å². The first kappa shape index (κ1) is 19.5. The first-order valence-electron chi connectivity index (χ1n) is 8.28. The third-order valence-electron chi connectivity index (χ3n) is 3.66. The predicted molar refractivity (Wildman–Crippen MR) is 99.2 cm³/mol. The molecule has 0 aliphatic carbocycles. The molecule has 2 N–H and O–H groups in total. The Morgan fingerprint density at radius 3 is 2.46 bits per heavy atom. The van der Waals surface area contributed by atoms with Crippen LogP contribution < -0.4 is 20.1 Å². The number of hydrogen-bond donors (Lipinski definition) is 2. The van der Waals surface area contributed by atoms with Crippen molar-refractivity contribution in [1.82, 2.24) is 5.32 Å². The summed E-state index contributed by atoms with van der Waals surface area (Å²) < 4.78 is 37.1. The van der Waals surface area contributed by atoms with Gasteiger partial charge in [-0.2, -0.15) is 0 Å². The van der Waals surface area contributed by atoms with E-state index < -0.39 is 11.6 Å². The lowest BCUT2D eigenvalue weighted by Gasteiger charge is -2.14. The van der Waals surface area contributed by atoms with E-state index in [-0.39, 0.29) is 0 Å². The van der Waals surface area contributed by atoms with Crippen molar-refractivity contribution in [2.24, 2.45) is 4.99 Å². The molecule has 0 saturated carbocycles. The van der Waals surface area contributed by atoms with Crippen LogP contribution in [0.3, 0.4) is 0 Å². The number of aliphatic imine (C=N–C) groups is 1. The van der Waals surface area contributed by atoms with Crippen molar-refractivity contribution in [3.05, 3.63) is 53.6 Å². The highest BCUT2D eigenvalue weighted by atomic mass is 19.1. The highest BCUT2D eigenvalue weighted by Crippen LogP contribution is 2.29. The fraction of sp³-hybridized carbons (Fsp3) is 0.316. The second kappa shape index (κ2) is 9.60. The molecule has 7 heteroatoms. The van der Waals surface area contributed by atoms with Crippen LogP contribution in [-0.2, 0) is 6.42 Å². The Labute approximate surface area is 152 Å². The van der Waals surface area contributed by atoms with Gasteiger partial charge in [0.25, 0.3) is 0 Å². The van der Waals surface area contributed by atoms with E-state index >= 15 is 0 Å². The molecule has 0 bridgehead atoms. The molecule has 2 rings (SSSR count). The summed E-state index contributed by atoms with van der Waals surface area (Å²) in [7, 11) is 3.14. The van der Waals surface area contributed by atoms with Gasteiger partial charge in [-0.25, -0.2) is 8.78 Å². The van der Waals surface area contributed by atoms with Crippen molar-refractivity contribution in [2.75, 3.05) is 32.6 Å². The first-order chi connectivity index (χ1) is 12.6. The minimum Gasteiger partial charge on any atom is -0.493 e. The molecule has 2 aromatic carbocycles. The van der Waals surface area contributed by atoms with Gasteiger partial charge >= 0.3 is 0 Å². The summed E-state index contributed by atoms with van der Waals surface area (Å²) in [5, 5.41) is 6.29. The SMILES string of the molecule is CCNC(=NCCc1ccc(F)cc1F)Nc1ccc(OC)c(OC)c1. The van der Waals surface area contributed by atoms with E-state index in [1.165, 1.54) is 12.1 Å². The van der Waals surface area contributed by atoms with Crippen molar-refractivity contribution in [3.63, 3.8) is 0 Å². The lowest BCUT2D eigenvalue weighted by atomic mass is 10.1. The number of anilines is 1. The van der Waals surface area contributed by atoms with Crippen LogP contribution >= 0.6 is 0 Å². The second-order valence-corrected chi connectivity index (χ2v) is 5.44. The van der Waals surface area contributed by atoms with Crippen molar-refractivity contribution in [2.45, 2.75) is 13.3 Å². The van der Waals surface area contributed by atoms with Crippen LogP contribution in [0.15, 0.2) is 41.4 Å². The van der Waals surface area contributed by atoms with Crippen molar-refractivity contribution in [3.8, 4) is 11.5 Å². The molecule has 0 spiro atoms. The Bertz CT molecular complexity index is 766. The summed E-state index contributed by atoms with van der Waals surface area (Å²) in [5.74, 6) is 0.645. The summed E-state index contributed by atoms with van der Waals surface area (Å²) in [4.78, 5) is 4.43. The van der Waals surface area contributed by atoms with Crippen LogP contribution in [-0.4, -0.2) is 33.3 Å². The molecule has 0 aliphatic heterocycles. The standard InChI is InChI=1S/C19H23F2N3O2/c1-4-22-19(23-10-9-13-5-6-14(20)11-16(13)21)24-15-7-8-17(25-2)18(12-15)26-3/h5-8,11-12H,4,9-10H2,1-3H3,(H2,22,23,24). The number of guanidine groups is 1. The van der Waals surface area contributed by atoms with E-state index in [1.807, 2.05) is 13.0 Å². The van der Waals surface area contributed by atoms with E-state index in [9.17, 15) is 8.78 Å². The molecule has 0 atom stereocenters. The number of halogens is 2. The van der Waals surface area contributed by atoms with Gasteiger partial charge in [-0.3, -0.25) is 4.99 Å². The highest BCUT2D eigenvalue weighted by Gasteiger charge is 2.07. The van der Waals surface area contributed by atoms with E-state index in [4.69, 9.17) is 9.47 Å². The lowest BCUT2D eigenvalue weighted by Crippen LogP contribution is -2.30. The number of nitrogens with zero attached hydrogens (tertiary/aromatic N) is 1. The van der Waals surface area contributed by atoms with Gasteiger partial charge < -0.3 is 20.1 Å². The van der Waals surface area contributed by atoms with Gasteiger partial charge in [0.2, 0.25) is 0 Å². The molecule has 0 heterocycles. The molecule has 0 radical (unpaired) electrons. The highest BCUT2D eigenvalue weighted by molar-refractivity contribution is 5.93. The quantitative estimate of drug-likeness (QED) is 0.583. The van der Waals surface area contributed by atoms with E-state index in [2.05, 4.69) is 15.6 Å². The second-order valence-electron chi connectivity index (χ2n) is 5.44. The van der Waals surface area contributed by atoms with Crippen molar-refractivity contribution in [1.29, 1.82) is 0 Å². The average Bonchev–Trinajstić information content (AvgIpc) is 2.63. The predicted octanol–water partition coefficient (Wildman–Crippen LogP) is 3.60. The zero-order valence-electron chi connectivity index (χ0n) is 15.1. The van der Waals surface area contributed by atoms with Crippen molar-refractivity contribution < 1.29 is 18.3 Å². The molecule has 0 amide bonds. The average molecular weight is 363 g/mol. The number of ether oxygens (including phenoxy) is 2. The minimum atomic E-state index is -0.585. The number of rotatable bonds is 7. The van der Waals surface area contributed by atoms with E-state index in [0.717, 1.165) is 11.8 Å². The van der Waals surface area contributed by atoms with Crippen LogP contribution in [0.5, 0.6) is 11.5 Å². The topological polar surface area (TPSA) is 54.9 Å². The molecule has 0 fully saturated rings. The first-order valence-corrected chi connectivity index (χ1v) is 8.28. The molecule has 5 nitrogen and oxygen atoms in total. The minimum absolute atomic E-state index is 0.352. The zero-order chi connectivity index (χ0) is 18.9. The molecular formula is C19H23F2N3O2. The molecule has 2 aromatic rings. The monoisotopic (exact) mass is 363 g/mol.